The zero-order valence-electron chi connectivity index (χ0n) is 10.6. The van der Waals surface area contributed by atoms with Gasteiger partial charge in [0.1, 0.15) is 5.54 Å². The molecule has 1 spiro atoms. The SMILES string of the molecule is CC1CCC2(CC1C)NC(=NC1CC1)NC2=O. The van der Waals surface area contributed by atoms with E-state index in [0.717, 1.165) is 31.1 Å². The van der Waals surface area contributed by atoms with E-state index in [1.165, 1.54) is 12.8 Å². The summed E-state index contributed by atoms with van der Waals surface area (Å²) >= 11 is 0. The van der Waals surface area contributed by atoms with Crippen molar-refractivity contribution in [3.05, 3.63) is 0 Å². The summed E-state index contributed by atoms with van der Waals surface area (Å²) in [5.41, 5.74) is -0.361. The maximum Gasteiger partial charge on any atom is 0.252 e. The second kappa shape index (κ2) is 3.72. The molecule has 3 unspecified atom stereocenters. The Morgan fingerprint density at radius 1 is 1.24 bits per heavy atom. The van der Waals surface area contributed by atoms with Gasteiger partial charge in [-0.25, -0.2) is 4.99 Å². The highest BCUT2D eigenvalue weighted by Crippen LogP contribution is 2.38. The van der Waals surface area contributed by atoms with E-state index in [4.69, 9.17) is 0 Å². The van der Waals surface area contributed by atoms with Crippen molar-refractivity contribution in [1.82, 2.24) is 10.6 Å². The smallest absolute Gasteiger partial charge is 0.252 e. The molecule has 4 nitrogen and oxygen atoms in total. The molecule has 94 valence electrons. The average molecular weight is 235 g/mol. The molecule has 3 atom stereocenters. The van der Waals surface area contributed by atoms with E-state index in [0.29, 0.717) is 12.0 Å². The summed E-state index contributed by atoms with van der Waals surface area (Å²) in [5, 5.41) is 6.29. The molecule has 0 aromatic heterocycles. The van der Waals surface area contributed by atoms with Crippen LogP contribution >= 0.6 is 0 Å². The number of carbonyl (C=O) groups is 1. The largest absolute Gasteiger partial charge is 0.342 e. The molecule has 3 aliphatic rings. The number of carbonyl (C=O) groups excluding carboxylic acids is 1. The van der Waals surface area contributed by atoms with Crippen LogP contribution in [0.2, 0.25) is 0 Å². The molecule has 1 saturated heterocycles. The fourth-order valence-electron chi connectivity index (χ4n) is 2.92. The Bertz CT molecular complexity index is 375. The van der Waals surface area contributed by atoms with Crippen LogP contribution in [0.1, 0.15) is 46.0 Å². The van der Waals surface area contributed by atoms with Gasteiger partial charge >= 0.3 is 0 Å². The minimum Gasteiger partial charge on any atom is -0.342 e. The van der Waals surface area contributed by atoms with E-state index >= 15 is 0 Å². The zero-order chi connectivity index (χ0) is 12.0. The van der Waals surface area contributed by atoms with Crippen LogP contribution in [-0.2, 0) is 4.79 Å². The van der Waals surface area contributed by atoms with Gasteiger partial charge in [-0.3, -0.25) is 10.1 Å². The maximum absolute atomic E-state index is 12.2. The van der Waals surface area contributed by atoms with Gasteiger partial charge in [-0.1, -0.05) is 13.8 Å². The van der Waals surface area contributed by atoms with Gasteiger partial charge in [0.15, 0.2) is 5.96 Å². The molecule has 2 aliphatic carbocycles. The minimum absolute atomic E-state index is 0.135. The van der Waals surface area contributed by atoms with Crippen LogP contribution in [0.3, 0.4) is 0 Å². The maximum atomic E-state index is 12.2. The molecule has 3 fully saturated rings. The Hall–Kier alpha value is -1.06. The summed E-state index contributed by atoms with van der Waals surface area (Å²) in [5.74, 6) is 2.18. The van der Waals surface area contributed by atoms with Crippen LogP contribution in [0.5, 0.6) is 0 Å². The first-order valence-electron chi connectivity index (χ1n) is 6.76. The third-order valence-electron chi connectivity index (χ3n) is 4.55. The van der Waals surface area contributed by atoms with Gasteiger partial charge in [-0.15, -0.1) is 0 Å². The Morgan fingerprint density at radius 2 is 2.00 bits per heavy atom. The van der Waals surface area contributed by atoms with Crippen molar-refractivity contribution in [2.24, 2.45) is 16.8 Å². The quantitative estimate of drug-likeness (QED) is 0.722. The van der Waals surface area contributed by atoms with Crippen LogP contribution in [0.25, 0.3) is 0 Å². The lowest BCUT2D eigenvalue weighted by Crippen LogP contribution is -2.51. The molecule has 1 amide bonds. The first kappa shape index (κ1) is 11.1. The van der Waals surface area contributed by atoms with Crippen molar-refractivity contribution in [1.29, 1.82) is 0 Å². The molecule has 2 saturated carbocycles. The van der Waals surface area contributed by atoms with Gasteiger partial charge in [0.25, 0.3) is 5.91 Å². The van der Waals surface area contributed by atoms with Crippen molar-refractivity contribution in [3.8, 4) is 0 Å². The molecule has 0 bridgehead atoms. The van der Waals surface area contributed by atoms with E-state index in [1.807, 2.05) is 0 Å². The molecular formula is C13H21N3O. The van der Waals surface area contributed by atoms with E-state index in [9.17, 15) is 4.79 Å². The molecule has 1 heterocycles. The van der Waals surface area contributed by atoms with Crippen LogP contribution in [-0.4, -0.2) is 23.4 Å². The van der Waals surface area contributed by atoms with Crippen molar-refractivity contribution < 1.29 is 4.79 Å². The van der Waals surface area contributed by atoms with Gasteiger partial charge in [0, 0.05) is 0 Å². The van der Waals surface area contributed by atoms with Crippen molar-refractivity contribution >= 4 is 11.9 Å². The Morgan fingerprint density at radius 3 is 2.65 bits per heavy atom. The number of hydrogen-bond acceptors (Lipinski definition) is 2. The Kier molecular flexibility index (Phi) is 2.42. The van der Waals surface area contributed by atoms with Gasteiger partial charge in [-0.05, 0) is 43.9 Å². The number of amides is 1. The van der Waals surface area contributed by atoms with Crippen LogP contribution < -0.4 is 10.6 Å². The first-order chi connectivity index (χ1) is 8.09. The monoisotopic (exact) mass is 235 g/mol. The number of nitrogens with one attached hydrogen (secondary N) is 2. The van der Waals surface area contributed by atoms with Gasteiger partial charge in [0.05, 0.1) is 6.04 Å². The van der Waals surface area contributed by atoms with E-state index in [2.05, 4.69) is 29.5 Å². The highest BCUT2D eigenvalue weighted by molar-refractivity contribution is 6.09. The normalized spacial score (nSPS) is 43.9. The summed E-state index contributed by atoms with van der Waals surface area (Å²) < 4.78 is 0. The third-order valence-corrected chi connectivity index (χ3v) is 4.55. The Balaban J connectivity index is 1.76. The second-order valence-electron chi connectivity index (χ2n) is 6.07. The molecule has 0 aromatic carbocycles. The van der Waals surface area contributed by atoms with E-state index in [1.54, 1.807) is 0 Å². The standard InChI is InChI=1S/C13H21N3O/c1-8-5-6-13(7-9(8)2)11(17)15-12(16-13)14-10-3-4-10/h8-10H,3-7H2,1-2H3,(H2,14,15,16,17). The lowest BCUT2D eigenvalue weighted by molar-refractivity contribution is -0.126. The number of aliphatic imine (C=N–C) groups is 1. The molecule has 4 heteroatoms. The number of hydrogen-bond donors (Lipinski definition) is 2. The van der Waals surface area contributed by atoms with E-state index < -0.39 is 0 Å². The topological polar surface area (TPSA) is 53.5 Å². The second-order valence-corrected chi connectivity index (χ2v) is 6.07. The molecule has 2 N–H and O–H groups in total. The molecule has 17 heavy (non-hydrogen) atoms. The predicted octanol–water partition coefficient (Wildman–Crippen LogP) is 1.42. The van der Waals surface area contributed by atoms with Crippen molar-refractivity contribution in [2.75, 3.05) is 0 Å². The fraction of sp³-hybridized carbons (Fsp3) is 0.846. The molecule has 0 aromatic rings. The summed E-state index contributed by atoms with van der Waals surface area (Å²) in [6.07, 6.45) is 5.33. The number of nitrogens with zero attached hydrogens (tertiary/aromatic N) is 1. The molecule has 3 rings (SSSR count). The zero-order valence-corrected chi connectivity index (χ0v) is 10.6. The van der Waals surface area contributed by atoms with Gasteiger partial charge < -0.3 is 5.32 Å². The van der Waals surface area contributed by atoms with Crippen LogP contribution in [0.15, 0.2) is 4.99 Å². The summed E-state index contributed by atoms with van der Waals surface area (Å²) in [4.78, 5) is 16.7. The van der Waals surface area contributed by atoms with Crippen LogP contribution in [0, 0.1) is 11.8 Å². The van der Waals surface area contributed by atoms with Crippen LogP contribution in [0.4, 0.5) is 0 Å². The molecular weight excluding hydrogens is 214 g/mol. The van der Waals surface area contributed by atoms with Gasteiger partial charge in [-0.2, -0.15) is 0 Å². The van der Waals surface area contributed by atoms with Crippen molar-refractivity contribution in [2.45, 2.75) is 57.5 Å². The van der Waals surface area contributed by atoms with Gasteiger partial charge in [0.2, 0.25) is 0 Å². The third kappa shape index (κ3) is 1.94. The first-order valence-corrected chi connectivity index (χ1v) is 6.76. The molecule has 1 aliphatic heterocycles. The lowest BCUT2D eigenvalue weighted by Gasteiger charge is -2.38. The van der Waals surface area contributed by atoms with Crippen molar-refractivity contribution in [3.63, 3.8) is 0 Å². The number of rotatable bonds is 1. The lowest BCUT2D eigenvalue weighted by atomic mass is 9.71. The Labute approximate surface area is 102 Å². The fourth-order valence-corrected chi connectivity index (χ4v) is 2.92. The average Bonchev–Trinajstić information content (AvgIpc) is 3.02. The van der Waals surface area contributed by atoms with E-state index in [-0.39, 0.29) is 11.4 Å². The summed E-state index contributed by atoms with van der Waals surface area (Å²) in [7, 11) is 0. The predicted molar refractivity (Wildman–Crippen MR) is 66.6 cm³/mol. The molecule has 0 radical (unpaired) electrons. The summed E-state index contributed by atoms with van der Waals surface area (Å²) in [6, 6.07) is 0.452. The highest BCUT2D eigenvalue weighted by Gasteiger charge is 2.48. The number of guanidine groups is 1. The highest BCUT2D eigenvalue weighted by atomic mass is 16.2. The summed E-state index contributed by atoms with van der Waals surface area (Å²) in [6.45, 7) is 4.53. The minimum atomic E-state index is -0.361.